The Balaban J connectivity index is 1.37. The Morgan fingerprint density at radius 2 is 2.00 bits per heavy atom. The molecule has 3 heterocycles. The summed E-state index contributed by atoms with van der Waals surface area (Å²) in [6, 6.07) is 8.72. The van der Waals surface area contributed by atoms with Gasteiger partial charge < -0.3 is 10.6 Å². The van der Waals surface area contributed by atoms with E-state index in [1.165, 1.54) is 24.2 Å². The van der Waals surface area contributed by atoms with Crippen LogP contribution in [0.3, 0.4) is 0 Å². The van der Waals surface area contributed by atoms with E-state index in [1.807, 2.05) is 24.3 Å². The molecule has 126 valence electrons. The highest BCUT2D eigenvalue weighted by molar-refractivity contribution is 7.18. The molecule has 5 nitrogen and oxygen atoms in total. The van der Waals surface area contributed by atoms with Gasteiger partial charge in [0, 0.05) is 24.1 Å². The molecule has 2 atom stereocenters. The second kappa shape index (κ2) is 6.78. The lowest BCUT2D eigenvalue weighted by atomic mass is 9.89. The minimum Gasteiger partial charge on any atom is -0.311 e. The van der Waals surface area contributed by atoms with E-state index in [9.17, 15) is 4.79 Å². The van der Waals surface area contributed by atoms with Crippen LogP contribution in [0.15, 0.2) is 24.3 Å². The van der Waals surface area contributed by atoms with Crippen molar-refractivity contribution in [2.75, 3.05) is 5.32 Å². The zero-order chi connectivity index (χ0) is 16.5. The van der Waals surface area contributed by atoms with E-state index in [0.717, 1.165) is 23.4 Å². The van der Waals surface area contributed by atoms with Gasteiger partial charge in [-0.2, -0.15) is 0 Å². The number of carbonyl (C=O) groups excluding carboxylic acids is 1. The summed E-state index contributed by atoms with van der Waals surface area (Å²) in [6.45, 7) is 0. The monoisotopic (exact) mass is 362 g/mol. The minimum atomic E-state index is 0.0307. The molecule has 2 aliphatic rings. The van der Waals surface area contributed by atoms with Gasteiger partial charge in [-0.25, -0.2) is 0 Å². The van der Waals surface area contributed by atoms with Gasteiger partial charge >= 0.3 is 0 Å². The van der Waals surface area contributed by atoms with Crippen molar-refractivity contribution in [3.63, 3.8) is 0 Å². The van der Waals surface area contributed by atoms with Crippen molar-refractivity contribution in [1.82, 2.24) is 15.5 Å². The van der Waals surface area contributed by atoms with Gasteiger partial charge in [0.2, 0.25) is 11.0 Å². The Morgan fingerprint density at radius 3 is 2.75 bits per heavy atom. The van der Waals surface area contributed by atoms with Crippen molar-refractivity contribution in [2.24, 2.45) is 5.92 Å². The van der Waals surface area contributed by atoms with Crippen molar-refractivity contribution in [2.45, 2.75) is 44.2 Å². The SMILES string of the molecule is O=C(CC1CC2CCC(C1)N2)Nc1nnc(-c2ccccc2Cl)s1. The average Bonchev–Trinajstić information content (AvgIpc) is 3.14. The predicted molar refractivity (Wildman–Crippen MR) is 96.3 cm³/mol. The van der Waals surface area contributed by atoms with Gasteiger partial charge in [-0.3, -0.25) is 4.79 Å². The molecule has 2 unspecified atom stereocenters. The fraction of sp³-hybridized carbons (Fsp3) is 0.471. The first-order valence-corrected chi connectivity index (χ1v) is 9.51. The van der Waals surface area contributed by atoms with E-state index in [2.05, 4.69) is 20.8 Å². The Kier molecular flexibility index (Phi) is 4.52. The minimum absolute atomic E-state index is 0.0307. The number of hydrogen-bond acceptors (Lipinski definition) is 5. The number of nitrogens with zero attached hydrogens (tertiary/aromatic N) is 2. The molecule has 2 saturated heterocycles. The van der Waals surface area contributed by atoms with Gasteiger partial charge in [-0.1, -0.05) is 41.1 Å². The lowest BCUT2D eigenvalue weighted by molar-refractivity contribution is -0.117. The summed E-state index contributed by atoms with van der Waals surface area (Å²) in [7, 11) is 0. The average molecular weight is 363 g/mol. The number of piperidine rings is 1. The van der Waals surface area contributed by atoms with Crippen LogP contribution < -0.4 is 10.6 Å². The van der Waals surface area contributed by atoms with Gasteiger partial charge in [0.05, 0.1) is 5.02 Å². The number of rotatable bonds is 4. The van der Waals surface area contributed by atoms with Gasteiger partial charge in [0.1, 0.15) is 0 Å². The molecule has 1 amide bonds. The number of anilines is 1. The summed E-state index contributed by atoms with van der Waals surface area (Å²) >= 11 is 7.53. The lowest BCUT2D eigenvalue weighted by Gasteiger charge is -2.28. The normalized spacial score (nSPS) is 25.6. The number of fused-ring (bicyclic) bond motifs is 2. The molecule has 0 spiro atoms. The van der Waals surface area contributed by atoms with Crippen LogP contribution in [0.4, 0.5) is 5.13 Å². The molecule has 7 heteroatoms. The first kappa shape index (κ1) is 16.0. The molecule has 2 fully saturated rings. The maximum Gasteiger partial charge on any atom is 0.226 e. The van der Waals surface area contributed by atoms with Crippen molar-refractivity contribution in [1.29, 1.82) is 0 Å². The van der Waals surface area contributed by atoms with E-state index >= 15 is 0 Å². The Labute approximate surface area is 149 Å². The zero-order valence-electron chi connectivity index (χ0n) is 13.2. The van der Waals surface area contributed by atoms with Gasteiger partial charge in [0.15, 0.2) is 5.01 Å². The quantitative estimate of drug-likeness (QED) is 0.869. The highest BCUT2D eigenvalue weighted by Crippen LogP contribution is 2.34. The van der Waals surface area contributed by atoms with Crippen LogP contribution in [0, 0.1) is 5.92 Å². The van der Waals surface area contributed by atoms with Crippen LogP contribution in [0.1, 0.15) is 32.1 Å². The lowest BCUT2D eigenvalue weighted by Crippen LogP contribution is -2.39. The summed E-state index contributed by atoms with van der Waals surface area (Å²) < 4.78 is 0. The van der Waals surface area contributed by atoms with Crippen LogP contribution >= 0.6 is 22.9 Å². The number of nitrogens with one attached hydrogen (secondary N) is 2. The fourth-order valence-electron chi connectivity index (χ4n) is 3.79. The summed E-state index contributed by atoms with van der Waals surface area (Å²) in [5, 5.41) is 16.6. The summed E-state index contributed by atoms with van der Waals surface area (Å²) in [5.41, 5.74) is 0.840. The van der Waals surface area contributed by atoms with Gasteiger partial charge in [-0.15, -0.1) is 10.2 Å². The maximum atomic E-state index is 12.3. The number of amides is 1. The fourth-order valence-corrected chi connectivity index (χ4v) is 4.87. The number of carbonyl (C=O) groups is 1. The van der Waals surface area contributed by atoms with Crippen LogP contribution in [0.25, 0.3) is 10.6 Å². The van der Waals surface area contributed by atoms with E-state index in [-0.39, 0.29) is 5.91 Å². The van der Waals surface area contributed by atoms with Crippen LogP contribution in [0.5, 0.6) is 0 Å². The van der Waals surface area contributed by atoms with Gasteiger partial charge in [-0.05, 0) is 37.7 Å². The molecule has 2 aliphatic heterocycles. The third-order valence-electron chi connectivity index (χ3n) is 4.82. The second-order valence-corrected chi connectivity index (χ2v) is 8.00. The van der Waals surface area contributed by atoms with Crippen molar-refractivity contribution in [3.05, 3.63) is 29.3 Å². The first-order chi connectivity index (χ1) is 11.7. The molecule has 2 N–H and O–H groups in total. The third kappa shape index (κ3) is 3.45. The number of halogens is 1. The zero-order valence-corrected chi connectivity index (χ0v) is 14.7. The third-order valence-corrected chi connectivity index (χ3v) is 6.02. The van der Waals surface area contributed by atoms with Crippen LogP contribution in [-0.2, 0) is 4.79 Å². The summed E-state index contributed by atoms with van der Waals surface area (Å²) in [6.07, 6.45) is 5.27. The van der Waals surface area contributed by atoms with Crippen molar-refractivity contribution < 1.29 is 4.79 Å². The number of hydrogen-bond donors (Lipinski definition) is 2. The van der Waals surface area contributed by atoms with Crippen LogP contribution in [-0.4, -0.2) is 28.2 Å². The highest BCUT2D eigenvalue weighted by atomic mass is 35.5. The molecular weight excluding hydrogens is 344 g/mol. The van der Waals surface area contributed by atoms with Crippen molar-refractivity contribution >= 4 is 34.0 Å². The van der Waals surface area contributed by atoms with Gasteiger partial charge in [0.25, 0.3) is 0 Å². The molecule has 0 aliphatic carbocycles. The topological polar surface area (TPSA) is 66.9 Å². The molecular formula is C17H19ClN4OS. The summed E-state index contributed by atoms with van der Waals surface area (Å²) in [5.74, 6) is 0.503. The number of aromatic nitrogens is 2. The first-order valence-electron chi connectivity index (χ1n) is 8.31. The molecule has 1 aromatic carbocycles. The van der Waals surface area contributed by atoms with E-state index in [1.54, 1.807) is 0 Å². The Morgan fingerprint density at radius 1 is 1.25 bits per heavy atom. The maximum absolute atomic E-state index is 12.3. The van der Waals surface area contributed by atoms with E-state index in [0.29, 0.717) is 34.6 Å². The largest absolute Gasteiger partial charge is 0.311 e. The molecule has 2 bridgehead atoms. The molecule has 0 saturated carbocycles. The Hall–Kier alpha value is -1.50. The molecule has 24 heavy (non-hydrogen) atoms. The highest BCUT2D eigenvalue weighted by Gasteiger charge is 2.34. The number of benzene rings is 1. The van der Waals surface area contributed by atoms with Crippen LogP contribution in [0.2, 0.25) is 5.02 Å². The molecule has 1 aromatic heterocycles. The van der Waals surface area contributed by atoms with Crippen molar-refractivity contribution in [3.8, 4) is 10.6 Å². The molecule has 0 radical (unpaired) electrons. The molecule has 4 rings (SSSR count). The van der Waals surface area contributed by atoms with E-state index in [4.69, 9.17) is 11.6 Å². The standard InChI is InChI=1S/C17H19ClN4OS/c18-14-4-2-1-3-13(14)16-21-22-17(24-16)20-15(23)9-10-7-11-5-6-12(8-10)19-11/h1-4,10-12,19H,5-9H2,(H,20,22,23). The Bertz CT molecular complexity index is 738. The summed E-state index contributed by atoms with van der Waals surface area (Å²) in [4.78, 5) is 12.3. The molecule has 2 aromatic rings. The predicted octanol–water partition coefficient (Wildman–Crippen LogP) is 3.72. The van der Waals surface area contributed by atoms with E-state index < -0.39 is 0 Å². The second-order valence-electron chi connectivity index (χ2n) is 6.62. The smallest absolute Gasteiger partial charge is 0.226 e.